The van der Waals surface area contributed by atoms with Crippen LogP contribution in [-0.2, 0) is 4.79 Å². The Morgan fingerprint density at radius 1 is 1.33 bits per heavy atom. The van der Waals surface area contributed by atoms with Crippen LogP contribution in [0.5, 0.6) is 0 Å². The summed E-state index contributed by atoms with van der Waals surface area (Å²) >= 11 is 0. The number of fused-ring (bicyclic) bond motifs is 1. The first kappa shape index (κ1) is 18.1. The molecule has 1 aliphatic carbocycles. The van der Waals surface area contributed by atoms with Gasteiger partial charge in [-0.2, -0.15) is 9.28 Å². The third kappa shape index (κ3) is 2.32. The summed E-state index contributed by atoms with van der Waals surface area (Å²) in [7, 11) is 0. The van der Waals surface area contributed by atoms with E-state index in [0.717, 1.165) is 0 Å². The van der Waals surface area contributed by atoms with Crippen LogP contribution in [0.1, 0.15) is 47.0 Å². The van der Waals surface area contributed by atoms with E-state index in [4.69, 9.17) is 0 Å². The van der Waals surface area contributed by atoms with E-state index in [-0.39, 0.29) is 24.2 Å². The molecular weight excluding hydrogens is 316 g/mol. The first-order valence-electron chi connectivity index (χ1n) is 7.77. The van der Waals surface area contributed by atoms with Gasteiger partial charge in [0.2, 0.25) is 11.6 Å². The SMILES string of the molecule is CC(C)(C)[N@@+]1(C(=O)O)C=C2CC([N+](=O)[O-])CC=C2CC1(C)C(=O)O. The quantitative estimate of drug-likeness (QED) is 0.454. The summed E-state index contributed by atoms with van der Waals surface area (Å²) in [5.74, 6) is -1.20. The molecule has 0 aromatic heterocycles. The predicted molar refractivity (Wildman–Crippen MR) is 84.9 cm³/mol. The number of carbonyl (C=O) groups is 2. The maximum Gasteiger partial charge on any atom is 0.519 e. The fraction of sp³-hybridized carbons (Fsp3) is 0.625. The predicted octanol–water partition coefficient (Wildman–Crippen LogP) is 2.78. The van der Waals surface area contributed by atoms with Crippen molar-refractivity contribution in [3.8, 4) is 0 Å². The van der Waals surface area contributed by atoms with Crippen LogP contribution in [0.4, 0.5) is 4.79 Å². The van der Waals surface area contributed by atoms with E-state index in [1.54, 1.807) is 26.8 Å². The van der Waals surface area contributed by atoms with E-state index in [9.17, 15) is 29.9 Å². The molecule has 1 amide bonds. The van der Waals surface area contributed by atoms with Crippen LogP contribution in [-0.4, -0.2) is 48.8 Å². The van der Waals surface area contributed by atoms with Gasteiger partial charge in [0, 0.05) is 36.7 Å². The Hall–Kier alpha value is -2.22. The lowest BCUT2D eigenvalue weighted by molar-refractivity contribution is -0.897. The standard InChI is InChI=1S/C16H22N2O6/c1-15(2,3)18(14(21)22)9-11-7-12(17(23)24)6-5-10(11)8-16(18,4)13(19)20/h5,9,12H,6-8H2,1-4H3,(H-,19,20,21,22)/p+1/t12?,16?,18-/m0/s1. The van der Waals surface area contributed by atoms with Crippen LogP contribution in [0, 0.1) is 10.1 Å². The lowest BCUT2D eigenvalue weighted by Crippen LogP contribution is -2.74. The molecule has 8 heteroatoms. The summed E-state index contributed by atoms with van der Waals surface area (Å²) in [5.41, 5.74) is -1.27. The van der Waals surface area contributed by atoms with Crippen molar-refractivity contribution >= 4 is 12.1 Å². The molecule has 0 saturated heterocycles. The Labute approximate surface area is 139 Å². The molecule has 2 aliphatic rings. The van der Waals surface area contributed by atoms with E-state index in [1.165, 1.54) is 13.1 Å². The number of quaternary nitrogens is 1. The van der Waals surface area contributed by atoms with Crippen molar-refractivity contribution in [3.05, 3.63) is 33.5 Å². The van der Waals surface area contributed by atoms with Gasteiger partial charge < -0.3 is 10.2 Å². The lowest BCUT2D eigenvalue weighted by atomic mass is 9.75. The monoisotopic (exact) mass is 339 g/mol. The molecule has 2 rings (SSSR count). The molecule has 0 saturated carbocycles. The largest absolute Gasteiger partial charge is 0.519 e. The molecule has 8 nitrogen and oxygen atoms in total. The molecule has 0 spiro atoms. The topological polar surface area (TPSA) is 118 Å². The number of carboxylic acid groups (broad SMARTS) is 2. The number of carboxylic acids is 1. The van der Waals surface area contributed by atoms with Gasteiger partial charge in [-0.1, -0.05) is 6.08 Å². The number of aliphatic carboxylic acids is 1. The first-order chi connectivity index (χ1) is 10.9. The Bertz CT molecular complexity index is 675. The summed E-state index contributed by atoms with van der Waals surface area (Å²) in [4.78, 5) is 35.0. The van der Waals surface area contributed by atoms with Gasteiger partial charge in [0.15, 0.2) is 0 Å². The molecule has 0 fully saturated rings. The summed E-state index contributed by atoms with van der Waals surface area (Å²) < 4.78 is -0.799. The smallest absolute Gasteiger partial charge is 0.477 e. The highest BCUT2D eigenvalue weighted by atomic mass is 16.6. The molecule has 0 radical (unpaired) electrons. The number of amides is 1. The average molecular weight is 339 g/mol. The van der Waals surface area contributed by atoms with Gasteiger partial charge in [0.05, 0.1) is 0 Å². The zero-order valence-corrected chi connectivity index (χ0v) is 14.3. The molecule has 0 aromatic carbocycles. The second-order valence-electron chi connectivity index (χ2n) is 7.69. The Morgan fingerprint density at radius 3 is 2.33 bits per heavy atom. The highest BCUT2D eigenvalue weighted by molar-refractivity contribution is 5.81. The van der Waals surface area contributed by atoms with Crippen molar-refractivity contribution in [2.24, 2.45) is 0 Å². The number of nitrogens with zero attached hydrogens (tertiary/aromatic N) is 2. The van der Waals surface area contributed by atoms with Crippen molar-refractivity contribution in [1.29, 1.82) is 0 Å². The van der Waals surface area contributed by atoms with E-state index in [0.29, 0.717) is 11.1 Å². The van der Waals surface area contributed by atoms with Crippen LogP contribution >= 0.6 is 0 Å². The van der Waals surface area contributed by atoms with Gasteiger partial charge >= 0.3 is 12.1 Å². The fourth-order valence-electron chi connectivity index (χ4n) is 3.95. The molecule has 3 atom stereocenters. The summed E-state index contributed by atoms with van der Waals surface area (Å²) in [5, 5.41) is 30.9. The Kier molecular flexibility index (Phi) is 4.08. The Morgan fingerprint density at radius 2 is 1.92 bits per heavy atom. The van der Waals surface area contributed by atoms with Crippen LogP contribution in [0.25, 0.3) is 0 Å². The molecule has 0 aromatic rings. The maximum absolute atomic E-state index is 12.2. The second kappa shape index (κ2) is 5.41. The minimum absolute atomic E-state index is 0.0299. The number of hydrogen-bond acceptors (Lipinski definition) is 4. The van der Waals surface area contributed by atoms with Crippen molar-refractivity contribution in [2.45, 2.75) is 64.1 Å². The summed E-state index contributed by atoms with van der Waals surface area (Å²) in [6.45, 7) is 6.44. The highest BCUT2D eigenvalue weighted by Gasteiger charge is 2.66. The molecular formula is C16H23N2O6+. The van der Waals surface area contributed by atoms with Crippen molar-refractivity contribution < 1.29 is 29.2 Å². The van der Waals surface area contributed by atoms with Crippen LogP contribution in [0.15, 0.2) is 23.4 Å². The van der Waals surface area contributed by atoms with Crippen LogP contribution in [0.3, 0.4) is 0 Å². The van der Waals surface area contributed by atoms with Gasteiger partial charge in [-0.15, -0.1) is 0 Å². The third-order valence-electron chi connectivity index (χ3n) is 5.29. The summed E-state index contributed by atoms with van der Waals surface area (Å²) in [6.07, 6.45) is 2.21. The maximum atomic E-state index is 12.2. The molecule has 1 heterocycles. The van der Waals surface area contributed by atoms with Gasteiger partial charge in [0.1, 0.15) is 11.7 Å². The molecule has 1 aliphatic heterocycles. The van der Waals surface area contributed by atoms with E-state index in [2.05, 4.69) is 0 Å². The Balaban J connectivity index is 2.73. The molecule has 2 N–H and O–H groups in total. The van der Waals surface area contributed by atoms with Crippen LogP contribution in [0.2, 0.25) is 0 Å². The van der Waals surface area contributed by atoms with Gasteiger partial charge in [-0.25, -0.2) is 4.79 Å². The van der Waals surface area contributed by atoms with Crippen LogP contribution < -0.4 is 0 Å². The number of hydrogen-bond donors (Lipinski definition) is 2. The van der Waals surface area contributed by atoms with Gasteiger partial charge in [-0.05, 0) is 26.3 Å². The normalized spacial score (nSPS) is 33.1. The minimum atomic E-state index is -1.60. The van der Waals surface area contributed by atoms with E-state index in [1.807, 2.05) is 0 Å². The van der Waals surface area contributed by atoms with Crippen molar-refractivity contribution in [1.82, 2.24) is 0 Å². The zero-order chi connectivity index (χ0) is 18.5. The van der Waals surface area contributed by atoms with Crippen molar-refractivity contribution in [3.63, 3.8) is 0 Å². The number of nitro groups is 1. The highest BCUT2D eigenvalue weighted by Crippen LogP contribution is 2.48. The average Bonchev–Trinajstić information content (AvgIpc) is 2.43. The zero-order valence-electron chi connectivity index (χ0n) is 14.3. The van der Waals surface area contributed by atoms with Gasteiger partial charge in [-0.3, -0.25) is 10.1 Å². The molecule has 132 valence electrons. The second-order valence-corrected chi connectivity index (χ2v) is 7.69. The molecule has 2 unspecified atom stereocenters. The minimum Gasteiger partial charge on any atom is -0.477 e. The van der Waals surface area contributed by atoms with E-state index < -0.39 is 33.7 Å². The fourth-order valence-corrected chi connectivity index (χ4v) is 3.95. The van der Waals surface area contributed by atoms with Crippen molar-refractivity contribution in [2.75, 3.05) is 0 Å². The van der Waals surface area contributed by atoms with E-state index >= 15 is 0 Å². The summed E-state index contributed by atoms with van der Waals surface area (Å²) in [6, 6.07) is -0.801. The van der Waals surface area contributed by atoms with Gasteiger partial charge in [0.25, 0.3) is 0 Å². The third-order valence-corrected chi connectivity index (χ3v) is 5.29. The lowest BCUT2D eigenvalue weighted by Gasteiger charge is -2.53. The molecule has 0 bridgehead atoms. The number of rotatable bonds is 2. The molecule has 24 heavy (non-hydrogen) atoms. The first-order valence-corrected chi connectivity index (χ1v) is 7.77.